The van der Waals surface area contributed by atoms with E-state index in [-0.39, 0.29) is 30.3 Å². The van der Waals surface area contributed by atoms with Crippen LogP contribution in [-0.2, 0) is 24.4 Å². The molecule has 1 atom stereocenters. The first-order chi connectivity index (χ1) is 11.5. The summed E-state index contributed by atoms with van der Waals surface area (Å²) in [6, 6.07) is 1.31. The number of hydrogen-bond acceptors (Lipinski definition) is 5. The Morgan fingerprint density at radius 2 is 2.29 bits per heavy atom. The fourth-order valence-corrected chi connectivity index (χ4v) is 2.78. The molecule has 0 saturated carbocycles. The van der Waals surface area contributed by atoms with Crippen molar-refractivity contribution in [3.63, 3.8) is 0 Å². The third kappa shape index (κ3) is 2.89. The molecule has 0 fully saturated rings. The molecular weight excluding hydrogens is 310 g/mol. The number of amides is 2. The van der Waals surface area contributed by atoms with Gasteiger partial charge >= 0.3 is 0 Å². The van der Waals surface area contributed by atoms with Crippen molar-refractivity contribution in [2.45, 2.75) is 46.4 Å². The van der Waals surface area contributed by atoms with E-state index in [0.717, 1.165) is 5.69 Å². The quantitative estimate of drug-likeness (QED) is 0.817. The van der Waals surface area contributed by atoms with Crippen LogP contribution in [0.4, 0.5) is 0 Å². The van der Waals surface area contributed by atoms with Crippen molar-refractivity contribution in [3.8, 4) is 0 Å². The molecule has 3 rings (SSSR count). The fraction of sp³-hybridized carbons (Fsp3) is 0.533. The van der Waals surface area contributed by atoms with Gasteiger partial charge < -0.3 is 10.6 Å². The average molecular weight is 331 g/mol. The summed E-state index contributed by atoms with van der Waals surface area (Å²) >= 11 is 0. The van der Waals surface area contributed by atoms with Gasteiger partial charge in [-0.15, -0.1) is 5.10 Å². The maximum absolute atomic E-state index is 12.2. The standard InChI is InChI=1S/C15H21N7O2/c1-4-21-6-5-10(19-21)14(23)16-7-11-12-8-17-15(24)13(9(2)3)22(12)20-18-11/h5-6,9,13H,4,7-8H2,1-3H3,(H,16,23)(H,17,24). The van der Waals surface area contributed by atoms with Crippen LogP contribution in [0.1, 0.15) is 48.7 Å². The van der Waals surface area contributed by atoms with E-state index >= 15 is 0 Å². The number of rotatable bonds is 5. The summed E-state index contributed by atoms with van der Waals surface area (Å²) in [6.07, 6.45) is 1.76. The highest BCUT2D eigenvalue weighted by Crippen LogP contribution is 2.23. The maximum atomic E-state index is 12.2. The number of carbonyl (C=O) groups is 2. The molecule has 1 aliphatic heterocycles. The number of nitrogens with zero attached hydrogens (tertiary/aromatic N) is 5. The Morgan fingerprint density at radius 3 is 2.96 bits per heavy atom. The van der Waals surface area contributed by atoms with Crippen LogP contribution in [0.25, 0.3) is 0 Å². The van der Waals surface area contributed by atoms with Crippen molar-refractivity contribution in [3.05, 3.63) is 29.3 Å². The second kappa shape index (κ2) is 6.42. The van der Waals surface area contributed by atoms with Crippen LogP contribution in [0, 0.1) is 5.92 Å². The van der Waals surface area contributed by atoms with Crippen LogP contribution in [0.15, 0.2) is 12.3 Å². The predicted molar refractivity (Wildman–Crippen MR) is 84.8 cm³/mol. The zero-order valence-corrected chi connectivity index (χ0v) is 14.0. The van der Waals surface area contributed by atoms with E-state index in [1.54, 1.807) is 21.6 Å². The second-order valence-corrected chi connectivity index (χ2v) is 6.07. The molecule has 0 bridgehead atoms. The molecule has 24 heavy (non-hydrogen) atoms. The topological polar surface area (TPSA) is 107 Å². The molecule has 2 aromatic rings. The molecule has 1 aliphatic rings. The molecule has 9 nitrogen and oxygen atoms in total. The minimum atomic E-state index is -0.369. The van der Waals surface area contributed by atoms with Crippen LogP contribution in [0.2, 0.25) is 0 Å². The van der Waals surface area contributed by atoms with Gasteiger partial charge in [0.05, 0.1) is 18.8 Å². The average Bonchev–Trinajstić information content (AvgIpc) is 3.18. The molecule has 2 aromatic heterocycles. The smallest absolute Gasteiger partial charge is 0.272 e. The van der Waals surface area contributed by atoms with E-state index in [2.05, 4.69) is 26.0 Å². The fourth-order valence-electron chi connectivity index (χ4n) is 2.78. The summed E-state index contributed by atoms with van der Waals surface area (Å²) in [7, 11) is 0. The van der Waals surface area contributed by atoms with E-state index in [9.17, 15) is 9.59 Å². The van der Waals surface area contributed by atoms with Crippen molar-refractivity contribution >= 4 is 11.8 Å². The Labute approximate surface area is 139 Å². The predicted octanol–water partition coefficient (Wildman–Crippen LogP) is 0.251. The van der Waals surface area contributed by atoms with E-state index in [1.807, 2.05) is 20.8 Å². The first-order valence-corrected chi connectivity index (χ1v) is 8.03. The summed E-state index contributed by atoms with van der Waals surface area (Å²) in [6.45, 7) is 7.21. The van der Waals surface area contributed by atoms with Crippen molar-refractivity contribution < 1.29 is 9.59 Å². The molecule has 0 aliphatic carbocycles. The first kappa shape index (κ1) is 16.2. The normalized spacial score (nSPS) is 16.8. The van der Waals surface area contributed by atoms with E-state index in [4.69, 9.17) is 0 Å². The zero-order chi connectivity index (χ0) is 17.3. The Hall–Kier alpha value is -2.71. The summed E-state index contributed by atoms with van der Waals surface area (Å²) in [4.78, 5) is 24.2. The summed E-state index contributed by atoms with van der Waals surface area (Å²) in [5.41, 5.74) is 1.85. The highest BCUT2D eigenvalue weighted by molar-refractivity contribution is 5.92. The molecule has 1 unspecified atom stereocenters. The lowest BCUT2D eigenvalue weighted by Gasteiger charge is -2.26. The molecule has 0 saturated heterocycles. The largest absolute Gasteiger partial charge is 0.349 e. The third-order valence-corrected chi connectivity index (χ3v) is 4.08. The van der Waals surface area contributed by atoms with Gasteiger partial charge in [0.15, 0.2) is 0 Å². The Morgan fingerprint density at radius 1 is 1.50 bits per heavy atom. The van der Waals surface area contributed by atoms with Gasteiger partial charge in [0.25, 0.3) is 5.91 Å². The van der Waals surface area contributed by atoms with Crippen molar-refractivity contribution in [2.24, 2.45) is 5.92 Å². The highest BCUT2D eigenvalue weighted by atomic mass is 16.2. The molecule has 0 aromatic carbocycles. The minimum absolute atomic E-state index is 0.0527. The lowest BCUT2D eigenvalue weighted by molar-refractivity contribution is -0.127. The maximum Gasteiger partial charge on any atom is 0.272 e. The molecule has 0 radical (unpaired) electrons. The lowest BCUT2D eigenvalue weighted by Crippen LogP contribution is -2.42. The highest BCUT2D eigenvalue weighted by Gasteiger charge is 2.32. The zero-order valence-electron chi connectivity index (χ0n) is 14.0. The number of aryl methyl sites for hydroxylation is 1. The molecule has 0 spiro atoms. The van der Waals surface area contributed by atoms with Gasteiger partial charge in [-0.3, -0.25) is 14.3 Å². The van der Waals surface area contributed by atoms with Gasteiger partial charge in [-0.05, 0) is 18.9 Å². The van der Waals surface area contributed by atoms with Gasteiger partial charge in [0, 0.05) is 12.7 Å². The van der Waals surface area contributed by atoms with Crippen molar-refractivity contribution in [1.29, 1.82) is 0 Å². The summed E-state index contributed by atoms with van der Waals surface area (Å²) in [5.74, 6) is -0.210. The molecule has 3 heterocycles. The second-order valence-electron chi connectivity index (χ2n) is 6.07. The van der Waals surface area contributed by atoms with E-state index in [0.29, 0.717) is 24.5 Å². The number of carbonyl (C=O) groups excluding carboxylic acids is 2. The van der Waals surface area contributed by atoms with Gasteiger partial charge in [-0.2, -0.15) is 5.10 Å². The lowest BCUT2D eigenvalue weighted by atomic mass is 10.0. The molecule has 9 heteroatoms. The van der Waals surface area contributed by atoms with Crippen LogP contribution < -0.4 is 10.6 Å². The number of aromatic nitrogens is 5. The molecular formula is C15H21N7O2. The van der Waals surface area contributed by atoms with Crippen LogP contribution in [0.3, 0.4) is 0 Å². The minimum Gasteiger partial charge on any atom is -0.349 e. The molecule has 2 N–H and O–H groups in total. The SMILES string of the molecule is CCn1ccc(C(=O)NCc2nnn3c2CNC(=O)C3C(C)C)n1. The number of nitrogens with one attached hydrogen (secondary N) is 2. The van der Waals surface area contributed by atoms with Gasteiger partial charge in [0.2, 0.25) is 5.91 Å². The van der Waals surface area contributed by atoms with Crippen LogP contribution >= 0.6 is 0 Å². The van der Waals surface area contributed by atoms with Gasteiger partial charge in [-0.25, -0.2) is 4.68 Å². The van der Waals surface area contributed by atoms with Gasteiger partial charge in [0.1, 0.15) is 17.4 Å². The Balaban J connectivity index is 1.72. The third-order valence-electron chi connectivity index (χ3n) is 4.08. The Bertz CT molecular complexity index is 762. The van der Waals surface area contributed by atoms with E-state index in [1.165, 1.54) is 0 Å². The molecule has 128 valence electrons. The number of fused-ring (bicyclic) bond motifs is 1. The van der Waals surface area contributed by atoms with Crippen molar-refractivity contribution in [1.82, 2.24) is 35.4 Å². The monoisotopic (exact) mass is 331 g/mol. The van der Waals surface area contributed by atoms with Gasteiger partial charge in [-0.1, -0.05) is 19.1 Å². The first-order valence-electron chi connectivity index (χ1n) is 8.03. The van der Waals surface area contributed by atoms with Crippen LogP contribution in [-0.4, -0.2) is 36.6 Å². The molecule has 2 amide bonds. The van der Waals surface area contributed by atoms with Crippen molar-refractivity contribution in [2.75, 3.05) is 0 Å². The Kier molecular flexibility index (Phi) is 4.32. The van der Waals surface area contributed by atoms with Crippen LogP contribution in [0.5, 0.6) is 0 Å². The summed E-state index contributed by atoms with van der Waals surface area (Å²) < 4.78 is 3.36. The summed E-state index contributed by atoms with van der Waals surface area (Å²) in [5, 5.41) is 18.1. The number of hydrogen-bond donors (Lipinski definition) is 2. The van der Waals surface area contributed by atoms with E-state index < -0.39 is 0 Å².